The molecule has 0 saturated carbocycles. The van der Waals surface area contributed by atoms with Crippen molar-refractivity contribution in [2.75, 3.05) is 31.1 Å². The second-order valence-corrected chi connectivity index (χ2v) is 8.33. The molecule has 17 heteroatoms. The maximum atomic E-state index is 10.6. The third-order valence-corrected chi connectivity index (χ3v) is 5.51. The number of carboxylic acid groups (broad SMARTS) is 2. The molecule has 0 aliphatic carbocycles. The third-order valence-electron chi connectivity index (χ3n) is 5.51. The van der Waals surface area contributed by atoms with Crippen LogP contribution in [0.5, 0.6) is 0 Å². The number of fused-ring (bicyclic) bond motifs is 1. The van der Waals surface area contributed by atoms with Crippen molar-refractivity contribution in [2.24, 2.45) is 0 Å². The van der Waals surface area contributed by atoms with Gasteiger partial charge in [-0.2, -0.15) is 26.3 Å². The van der Waals surface area contributed by atoms with E-state index in [2.05, 4.69) is 29.2 Å². The highest BCUT2D eigenvalue weighted by molar-refractivity contribution is 5.73. The van der Waals surface area contributed by atoms with Crippen LogP contribution < -0.4 is 4.90 Å². The molecule has 0 spiro atoms. The molecule has 0 atom stereocenters. The number of carboxylic acids is 2. The summed E-state index contributed by atoms with van der Waals surface area (Å²) in [7, 11) is 0. The number of hydrogen-bond acceptors (Lipinski definition) is 8. The first-order valence-electron chi connectivity index (χ1n) is 11.6. The van der Waals surface area contributed by atoms with Crippen LogP contribution in [0, 0.1) is 0 Å². The van der Waals surface area contributed by atoms with E-state index in [0.717, 1.165) is 55.4 Å². The Labute approximate surface area is 227 Å². The van der Waals surface area contributed by atoms with Gasteiger partial charge >= 0.3 is 24.3 Å². The summed E-state index contributed by atoms with van der Waals surface area (Å²) < 4.78 is 70.7. The fraction of sp³-hybridized carbons (Fsp3) is 0.292. The SMILES string of the molecule is O=C(O)C(F)(F)F.O=C(O)C(F)(F)F.c1cncc(-c2cnc3c(N4CCN(Cc5ccoc5)CC4)nccn23)c1. The lowest BCUT2D eigenvalue weighted by atomic mass is 10.2. The van der Waals surface area contributed by atoms with Crippen LogP contribution in [-0.4, -0.2) is 84.9 Å². The Morgan fingerprint density at radius 2 is 1.54 bits per heavy atom. The Morgan fingerprint density at radius 1 is 0.902 bits per heavy atom. The average Bonchev–Trinajstić information content (AvgIpc) is 3.59. The number of piperazine rings is 1. The predicted molar refractivity (Wildman–Crippen MR) is 130 cm³/mol. The maximum absolute atomic E-state index is 10.6. The number of alkyl halides is 6. The van der Waals surface area contributed by atoms with Crippen LogP contribution in [0.2, 0.25) is 0 Å². The Balaban J connectivity index is 0.000000276. The van der Waals surface area contributed by atoms with Gasteiger partial charge in [0.05, 0.1) is 24.4 Å². The van der Waals surface area contributed by atoms with E-state index in [-0.39, 0.29) is 0 Å². The van der Waals surface area contributed by atoms with E-state index < -0.39 is 24.3 Å². The van der Waals surface area contributed by atoms with Gasteiger partial charge in [0.25, 0.3) is 0 Å². The fourth-order valence-electron chi connectivity index (χ4n) is 3.62. The van der Waals surface area contributed by atoms with Gasteiger partial charge in [0, 0.05) is 68.6 Å². The lowest BCUT2D eigenvalue weighted by molar-refractivity contribution is -0.193. The van der Waals surface area contributed by atoms with Crippen molar-refractivity contribution >= 4 is 23.4 Å². The molecule has 11 nitrogen and oxygen atoms in total. The van der Waals surface area contributed by atoms with Crippen molar-refractivity contribution in [3.63, 3.8) is 0 Å². The standard InChI is InChI=1S/C20H20N6O.2C2HF3O2/c1-2-17(12-21-4-1)18-13-23-20-19(22-5-6-26(18)20)25-9-7-24(8-10-25)14-16-3-11-27-15-16;2*3-2(4,5)1(6)7/h1-6,11-13,15H,7-10,14H2;2*(H,6,7). The van der Waals surface area contributed by atoms with Crippen molar-refractivity contribution in [3.8, 4) is 11.3 Å². The van der Waals surface area contributed by atoms with Gasteiger partial charge in [0.2, 0.25) is 0 Å². The summed E-state index contributed by atoms with van der Waals surface area (Å²) in [6, 6.07) is 6.01. The van der Waals surface area contributed by atoms with E-state index >= 15 is 0 Å². The zero-order chi connectivity index (χ0) is 30.2. The molecule has 1 saturated heterocycles. The number of anilines is 1. The first-order valence-corrected chi connectivity index (χ1v) is 11.6. The fourth-order valence-corrected chi connectivity index (χ4v) is 3.62. The summed E-state index contributed by atoms with van der Waals surface area (Å²) in [4.78, 5) is 36.1. The van der Waals surface area contributed by atoms with Crippen LogP contribution in [0.25, 0.3) is 16.9 Å². The maximum Gasteiger partial charge on any atom is 0.490 e. The van der Waals surface area contributed by atoms with Crippen LogP contribution in [0.3, 0.4) is 0 Å². The minimum atomic E-state index is -5.08. The van der Waals surface area contributed by atoms with Crippen LogP contribution in [0.15, 0.2) is 66.1 Å². The molecule has 1 fully saturated rings. The van der Waals surface area contributed by atoms with Crippen LogP contribution in [0.4, 0.5) is 32.2 Å². The smallest absolute Gasteiger partial charge is 0.475 e. The number of nitrogens with zero attached hydrogens (tertiary/aromatic N) is 6. The molecule has 0 bridgehead atoms. The van der Waals surface area contributed by atoms with Crippen LogP contribution in [-0.2, 0) is 16.1 Å². The molecule has 0 aromatic carbocycles. The van der Waals surface area contributed by atoms with Gasteiger partial charge in [-0.05, 0) is 18.2 Å². The lowest BCUT2D eigenvalue weighted by Crippen LogP contribution is -2.46. The topological polar surface area (TPSA) is 137 Å². The number of furan rings is 1. The summed E-state index contributed by atoms with van der Waals surface area (Å²) in [5.41, 5.74) is 4.19. The van der Waals surface area contributed by atoms with E-state index in [9.17, 15) is 26.3 Å². The van der Waals surface area contributed by atoms with Crippen LogP contribution in [0.1, 0.15) is 5.56 Å². The van der Waals surface area contributed by atoms with E-state index in [4.69, 9.17) is 24.2 Å². The van der Waals surface area contributed by atoms with Crippen molar-refractivity contribution in [1.29, 1.82) is 0 Å². The summed E-state index contributed by atoms with van der Waals surface area (Å²) in [5.74, 6) is -4.57. The van der Waals surface area contributed by atoms with Gasteiger partial charge in [0.15, 0.2) is 11.5 Å². The minimum Gasteiger partial charge on any atom is -0.475 e. The zero-order valence-electron chi connectivity index (χ0n) is 20.9. The van der Waals surface area contributed by atoms with E-state index in [1.165, 1.54) is 5.56 Å². The highest BCUT2D eigenvalue weighted by Crippen LogP contribution is 2.25. The molecule has 220 valence electrons. The molecule has 0 radical (unpaired) electrons. The molecule has 2 N–H and O–H groups in total. The Hall–Kier alpha value is -4.67. The molecule has 5 heterocycles. The molecule has 4 aromatic heterocycles. The van der Waals surface area contributed by atoms with Gasteiger partial charge in [-0.3, -0.25) is 14.3 Å². The number of carbonyl (C=O) groups is 2. The third kappa shape index (κ3) is 8.66. The number of pyridine rings is 1. The van der Waals surface area contributed by atoms with Crippen molar-refractivity contribution in [2.45, 2.75) is 18.9 Å². The highest BCUT2D eigenvalue weighted by Gasteiger charge is 2.38. The van der Waals surface area contributed by atoms with Gasteiger partial charge in [-0.15, -0.1) is 0 Å². The molecule has 0 unspecified atom stereocenters. The summed E-state index contributed by atoms with van der Waals surface area (Å²) in [6.07, 6.45) is 2.73. The van der Waals surface area contributed by atoms with Crippen molar-refractivity contribution in [3.05, 3.63) is 67.3 Å². The highest BCUT2D eigenvalue weighted by atomic mass is 19.4. The summed E-state index contributed by atoms with van der Waals surface area (Å²) in [6.45, 7) is 4.77. The second kappa shape index (κ2) is 13.1. The predicted octanol–water partition coefficient (Wildman–Crippen LogP) is 3.97. The van der Waals surface area contributed by atoms with Gasteiger partial charge in [0.1, 0.15) is 0 Å². The van der Waals surface area contributed by atoms with E-state index in [1.807, 2.05) is 49.2 Å². The molecule has 1 aliphatic heterocycles. The van der Waals surface area contributed by atoms with Crippen LogP contribution >= 0.6 is 0 Å². The quantitative estimate of drug-likeness (QED) is 0.337. The number of imidazole rings is 1. The number of aliphatic carboxylic acids is 2. The Morgan fingerprint density at radius 3 is 2.05 bits per heavy atom. The molecule has 4 aromatic rings. The first-order chi connectivity index (χ1) is 19.3. The van der Waals surface area contributed by atoms with E-state index in [0.29, 0.717) is 0 Å². The van der Waals surface area contributed by atoms with Crippen molar-refractivity contribution < 1.29 is 50.6 Å². The lowest BCUT2D eigenvalue weighted by Gasteiger charge is -2.35. The minimum absolute atomic E-state index is 0.889. The number of halogens is 6. The Kier molecular flexibility index (Phi) is 9.88. The molecule has 5 rings (SSSR count). The average molecular weight is 588 g/mol. The van der Waals surface area contributed by atoms with E-state index in [1.54, 1.807) is 12.5 Å². The monoisotopic (exact) mass is 588 g/mol. The summed E-state index contributed by atoms with van der Waals surface area (Å²) >= 11 is 0. The number of hydrogen-bond donors (Lipinski definition) is 2. The number of aromatic nitrogens is 4. The normalized spacial score (nSPS) is 14.0. The largest absolute Gasteiger partial charge is 0.490 e. The number of rotatable bonds is 4. The van der Waals surface area contributed by atoms with Gasteiger partial charge < -0.3 is 19.5 Å². The molecular weight excluding hydrogens is 566 g/mol. The summed E-state index contributed by atoms with van der Waals surface area (Å²) in [5, 5.41) is 14.2. The first kappa shape index (κ1) is 30.9. The zero-order valence-corrected chi connectivity index (χ0v) is 20.9. The molecule has 1 aliphatic rings. The van der Waals surface area contributed by atoms with Gasteiger partial charge in [-0.1, -0.05) is 0 Å². The molecule has 0 amide bonds. The molecule has 41 heavy (non-hydrogen) atoms. The van der Waals surface area contributed by atoms with Crippen molar-refractivity contribution in [1.82, 2.24) is 24.3 Å². The second-order valence-electron chi connectivity index (χ2n) is 8.33. The molecular formula is C24H22F6N6O5. The van der Waals surface area contributed by atoms with Gasteiger partial charge in [-0.25, -0.2) is 19.6 Å². The Bertz CT molecular complexity index is 1390.